The fourth-order valence-electron chi connectivity index (χ4n) is 2.64. The monoisotopic (exact) mass is 344 g/mol. The van der Waals surface area contributed by atoms with Gasteiger partial charge in [-0.1, -0.05) is 55.9 Å². The normalized spacial score (nSPS) is 11.5. The highest BCUT2D eigenvalue weighted by Crippen LogP contribution is 2.26. The van der Waals surface area contributed by atoms with Gasteiger partial charge in [-0.05, 0) is 5.56 Å². The quantitative estimate of drug-likeness (QED) is 0.679. The summed E-state index contributed by atoms with van der Waals surface area (Å²) in [5, 5.41) is 1.07. The predicted octanol–water partition coefficient (Wildman–Crippen LogP) is 1.98. The smallest absolute Gasteiger partial charge is 0.309 e. The van der Waals surface area contributed by atoms with Gasteiger partial charge in [-0.25, -0.2) is 9.78 Å². The van der Waals surface area contributed by atoms with Crippen LogP contribution in [-0.2, 0) is 20.6 Å². The molecule has 0 fully saturated rings. The van der Waals surface area contributed by atoms with Gasteiger partial charge in [0.1, 0.15) is 0 Å². The fraction of sp³-hybridized carbons (Fsp3) is 0.353. The molecule has 0 aliphatic rings. The summed E-state index contributed by atoms with van der Waals surface area (Å²) >= 11 is 1.59. The number of rotatable bonds is 4. The van der Waals surface area contributed by atoms with Crippen LogP contribution in [0.2, 0.25) is 0 Å². The van der Waals surface area contributed by atoms with Gasteiger partial charge in [0.15, 0.2) is 16.3 Å². The molecule has 0 bridgehead atoms. The summed E-state index contributed by atoms with van der Waals surface area (Å²) in [7, 11) is 3.15. The first kappa shape index (κ1) is 16.6. The maximum absolute atomic E-state index is 12.7. The van der Waals surface area contributed by atoms with Crippen LogP contribution < -0.4 is 11.2 Å². The van der Waals surface area contributed by atoms with E-state index in [0.717, 1.165) is 15.3 Å². The lowest BCUT2D eigenvalue weighted by Crippen LogP contribution is -2.37. The lowest BCUT2D eigenvalue weighted by Gasteiger charge is -2.10. The van der Waals surface area contributed by atoms with Crippen LogP contribution in [0.4, 0.5) is 0 Å². The van der Waals surface area contributed by atoms with Crippen LogP contribution in [0.5, 0.6) is 0 Å². The van der Waals surface area contributed by atoms with Gasteiger partial charge in [0.05, 0.1) is 6.54 Å². The predicted molar refractivity (Wildman–Crippen MR) is 96.8 cm³/mol. The SMILES string of the molecule is CC(C)Sc1nc2c(c(=O)n(C)c(=O)n2C)n1Cc1ccccc1. The van der Waals surface area contributed by atoms with E-state index >= 15 is 0 Å². The van der Waals surface area contributed by atoms with Gasteiger partial charge >= 0.3 is 5.69 Å². The molecule has 0 N–H and O–H groups in total. The van der Waals surface area contributed by atoms with E-state index in [1.54, 1.807) is 18.8 Å². The Morgan fingerprint density at radius 2 is 1.75 bits per heavy atom. The summed E-state index contributed by atoms with van der Waals surface area (Å²) in [6.45, 7) is 4.70. The molecule has 0 aliphatic carbocycles. The van der Waals surface area contributed by atoms with Crippen LogP contribution in [0.3, 0.4) is 0 Å². The Balaban J connectivity index is 2.31. The van der Waals surface area contributed by atoms with E-state index in [1.165, 1.54) is 11.6 Å². The molecule has 0 amide bonds. The van der Waals surface area contributed by atoms with Crippen LogP contribution in [-0.4, -0.2) is 23.9 Å². The third kappa shape index (κ3) is 2.80. The third-order valence-electron chi connectivity index (χ3n) is 3.84. The number of nitrogens with zero attached hydrogens (tertiary/aromatic N) is 4. The van der Waals surface area contributed by atoms with Gasteiger partial charge in [-0.3, -0.25) is 13.9 Å². The van der Waals surface area contributed by atoms with E-state index in [2.05, 4.69) is 18.8 Å². The second-order valence-electron chi connectivity index (χ2n) is 6.01. The second kappa shape index (κ2) is 6.32. The lowest BCUT2D eigenvalue weighted by atomic mass is 10.2. The van der Waals surface area contributed by atoms with E-state index in [0.29, 0.717) is 23.0 Å². The maximum atomic E-state index is 12.7. The molecule has 2 heterocycles. The molecule has 0 aliphatic heterocycles. The molecule has 3 aromatic rings. The van der Waals surface area contributed by atoms with Crippen molar-refractivity contribution in [3.63, 3.8) is 0 Å². The molecule has 0 unspecified atom stereocenters. The molecule has 0 radical (unpaired) electrons. The Bertz CT molecular complexity index is 999. The van der Waals surface area contributed by atoms with E-state index in [1.807, 2.05) is 34.9 Å². The summed E-state index contributed by atoms with van der Waals surface area (Å²) in [5.74, 6) is 0. The van der Waals surface area contributed by atoms with Crippen molar-refractivity contribution in [3.8, 4) is 0 Å². The number of thioether (sulfide) groups is 1. The van der Waals surface area contributed by atoms with Gasteiger partial charge in [0, 0.05) is 19.3 Å². The van der Waals surface area contributed by atoms with Crippen LogP contribution in [0.25, 0.3) is 11.2 Å². The molecule has 24 heavy (non-hydrogen) atoms. The first-order chi connectivity index (χ1) is 11.4. The molecular formula is C17H20N4O2S. The van der Waals surface area contributed by atoms with Crippen LogP contribution in [0.1, 0.15) is 19.4 Å². The van der Waals surface area contributed by atoms with Gasteiger partial charge in [-0.2, -0.15) is 0 Å². The summed E-state index contributed by atoms with van der Waals surface area (Å²) in [5.41, 5.74) is 1.30. The highest BCUT2D eigenvalue weighted by Gasteiger charge is 2.20. The van der Waals surface area contributed by atoms with Crippen molar-refractivity contribution < 1.29 is 0 Å². The number of hydrogen-bond donors (Lipinski definition) is 0. The number of aryl methyl sites for hydroxylation is 1. The summed E-state index contributed by atoms with van der Waals surface area (Å²) in [6.07, 6.45) is 0. The minimum Gasteiger partial charge on any atom is -0.309 e. The summed E-state index contributed by atoms with van der Waals surface area (Å²) in [6, 6.07) is 9.93. The van der Waals surface area contributed by atoms with Gasteiger partial charge in [0.25, 0.3) is 5.56 Å². The first-order valence-electron chi connectivity index (χ1n) is 7.77. The van der Waals surface area contributed by atoms with Crippen LogP contribution in [0.15, 0.2) is 45.1 Å². The Morgan fingerprint density at radius 1 is 1.08 bits per heavy atom. The fourth-order valence-corrected chi connectivity index (χ4v) is 3.48. The first-order valence-corrected chi connectivity index (χ1v) is 8.65. The minimum atomic E-state index is -0.363. The van der Waals surface area contributed by atoms with Crippen LogP contribution >= 0.6 is 11.8 Å². The summed E-state index contributed by atoms with van der Waals surface area (Å²) < 4.78 is 4.48. The second-order valence-corrected chi connectivity index (χ2v) is 7.55. The number of fused-ring (bicyclic) bond motifs is 1. The highest BCUT2D eigenvalue weighted by atomic mass is 32.2. The molecule has 0 atom stereocenters. The van der Waals surface area contributed by atoms with E-state index in [4.69, 9.17) is 0 Å². The Labute approximate surface area is 143 Å². The number of imidazole rings is 1. The van der Waals surface area contributed by atoms with Crippen LogP contribution in [0, 0.1) is 0 Å². The zero-order valence-corrected chi connectivity index (χ0v) is 15.0. The standard InChI is InChI=1S/C17H20N4O2S/c1-11(2)24-16-18-14-13(15(22)20(4)17(23)19(14)3)21(16)10-12-8-6-5-7-9-12/h5-9,11H,10H2,1-4H3. The van der Waals surface area contributed by atoms with Gasteiger partial charge in [0.2, 0.25) is 0 Å². The van der Waals surface area contributed by atoms with Crippen molar-refractivity contribution >= 4 is 22.9 Å². The number of aromatic nitrogens is 4. The molecule has 0 saturated carbocycles. The van der Waals surface area contributed by atoms with Gasteiger partial charge in [-0.15, -0.1) is 0 Å². The molecule has 7 heteroatoms. The van der Waals surface area contributed by atoms with Gasteiger partial charge < -0.3 is 4.57 Å². The van der Waals surface area contributed by atoms with Crippen molar-refractivity contribution in [2.24, 2.45) is 14.1 Å². The maximum Gasteiger partial charge on any atom is 0.332 e. The largest absolute Gasteiger partial charge is 0.332 e. The highest BCUT2D eigenvalue weighted by molar-refractivity contribution is 7.99. The molecule has 126 valence electrons. The van der Waals surface area contributed by atoms with Crippen molar-refractivity contribution in [1.82, 2.24) is 18.7 Å². The third-order valence-corrected chi connectivity index (χ3v) is 4.83. The number of benzene rings is 1. The topological polar surface area (TPSA) is 61.8 Å². The average molecular weight is 344 g/mol. The molecule has 1 aromatic carbocycles. The van der Waals surface area contributed by atoms with Crippen molar-refractivity contribution in [2.45, 2.75) is 30.8 Å². The van der Waals surface area contributed by atoms with E-state index in [-0.39, 0.29) is 11.2 Å². The number of hydrogen-bond acceptors (Lipinski definition) is 4. The summed E-state index contributed by atoms with van der Waals surface area (Å²) in [4.78, 5) is 29.5. The molecule has 0 spiro atoms. The molecule has 0 saturated heterocycles. The van der Waals surface area contributed by atoms with E-state index < -0.39 is 0 Å². The van der Waals surface area contributed by atoms with E-state index in [9.17, 15) is 9.59 Å². The zero-order valence-electron chi connectivity index (χ0n) is 14.2. The Hall–Kier alpha value is -2.28. The zero-order chi connectivity index (χ0) is 17.4. The van der Waals surface area contributed by atoms with Crippen molar-refractivity contribution in [1.29, 1.82) is 0 Å². The lowest BCUT2D eigenvalue weighted by molar-refractivity contribution is 0.696. The minimum absolute atomic E-state index is 0.313. The van der Waals surface area contributed by atoms with Crippen molar-refractivity contribution in [2.75, 3.05) is 0 Å². The Morgan fingerprint density at radius 3 is 2.38 bits per heavy atom. The molecular weight excluding hydrogens is 324 g/mol. The molecule has 2 aromatic heterocycles. The molecule has 6 nitrogen and oxygen atoms in total. The Kier molecular flexibility index (Phi) is 4.36. The average Bonchev–Trinajstić information content (AvgIpc) is 2.90. The van der Waals surface area contributed by atoms with Crippen molar-refractivity contribution in [3.05, 3.63) is 56.7 Å². The molecule has 3 rings (SSSR count).